The zero-order valence-corrected chi connectivity index (χ0v) is 14.9. The van der Waals surface area contributed by atoms with Crippen LogP contribution in [0, 0.1) is 29.3 Å². The Balaban J connectivity index is 1.84. The van der Waals surface area contributed by atoms with Gasteiger partial charge in [-0.1, -0.05) is 5.92 Å². The van der Waals surface area contributed by atoms with E-state index in [-0.39, 0.29) is 34.2 Å². The highest BCUT2D eigenvalue weighted by Gasteiger charge is 2.28. The van der Waals surface area contributed by atoms with Crippen LogP contribution < -0.4 is 5.73 Å². The summed E-state index contributed by atoms with van der Waals surface area (Å²) in [5, 5.41) is 10.3. The summed E-state index contributed by atoms with van der Waals surface area (Å²) in [7, 11) is 1.51. The van der Waals surface area contributed by atoms with Crippen LogP contribution in [-0.2, 0) is 7.05 Å². The van der Waals surface area contributed by atoms with Gasteiger partial charge in [-0.15, -0.1) is 0 Å². The Morgan fingerprint density at radius 3 is 2.57 bits per heavy atom. The first-order valence-corrected chi connectivity index (χ1v) is 8.68. The van der Waals surface area contributed by atoms with E-state index in [4.69, 9.17) is 5.73 Å². The lowest BCUT2D eigenvalue weighted by Crippen LogP contribution is -2.20. The smallest absolute Gasteiger partial charge is 0.209 e. The molecule has 1 fully saturated rings. The van der Waals surface area contributed by atoms with Crippen LogP contribution in [0.2, 0.25) is 0 Å². The molecular weight excluding hydrogens is 371 g/mol. The molecule has 9 heteroatoms. The molecule has 1 aliphatic rings. The van der Waals surface area contributed by atoms with Gasteiger partial charge in [0.25, 0.3) is 0 Å². The van der Waals surface area contributed by atoms with E-state index in [1.165, 1.54) is 11.6 Å². The summed E-state index contributed by atoms with van der Waals surface area (Å²) < 4.78 is 42.7. The summed E-state index contributed by atoms with van der Waals surface area (Å²) >= 11 is 0. The molecule has 0 radical (unpaired) electrons. The molecule has 0 unspecified atom stereocenters. The van der Waals surface area contributed by atoms with Crippen LogP contribution in [0.25, 0.3) is 22.6 Å². The molecule has 28 heavy (non-hydrogen) atoms. The quantitative estimate of drug-likeness (QED) is 0.495. The second-order valence-corrected chi connectivity index (χ2v) is 6.84. The summed E-state index contributed by atoms with van der Waals surface area (Å²) in [6, 6.07) is 1.30. The topological polar surface area (TPSA) is 89.9 Å². The molecule has 3 N–H and O–H groups in total. The third-order valence-corrected chi connectivity index (χ3v) is 4.82. The fourth-order valence-electron chi connectivity index (χ4n) is 3.35. The van der Waals surface area contributed by atoms with Gasteiger partial charge in [0.2, 0.25) is 5.82 Å². The molecular formula is C19H16F3N5O. The van der Waals surface area contributed by atoms with Crippen LogP contribution in [0.3, 0.4) is 0 Å². The van der Waals surface area contributed by atoms with Crippen LogP contribution in [0.5, 0.6) is 0 Å². The molecule has 0 saturated heterocycles. The Kier molecular flexibility index (Phi) is 4.23. The Bertz CT molecular complexity index is 1160. The third kappa shape index (κ3) is 3.05. The van der Waals surface area contributed by atoms with E-state index >= 15 is 0 Å². The number of nitrogen functional groups attached to an aromatic ring is 1. The molecule has 1 saturated carbocycles. The molecule has 144 valence electrons. The Labute approximate surface area is 158 Å². The second-order valence-electron chi connectivity index (χ2n) is 6.84. The molecule has 2 heterocycles. The van der Waals surface area contributed by atoms with Gasteiger partial charge >= 0.3 is 0 Å². The van der Waals surface area contributed by atoms with Gasteiger partial charge in [0, 0.05) is 13.1 Å². The number of aliphatic hydroxyl groups is 1. The maximum atomic E-state index is 14.2. The van der Waals surface area contributed by atoms with Crippen LogP contribution in [0.4, 0.5) is 19.0 Å². The minimum absolute atomic E-state index is 0.00755. The lowest BCUT2D eigenvalue weighted by Gasteiger charge is -2.12. The number of anilines is 1. The molecule has 3 aromatic rings. The number of halogens is 3. The van der Waals surface area contributed by atoms with E-state index in [0.29, 0.717) is 18.9 Å². The molecule has 2 aromatic heterocycles. The Hall–Kier alpha value is -3.12. The van der Waals surface area contributed by atoms with Crippen molar-refractivity contribution in [2.45, 2.75) is 31.3 Å². The lowest BCUT2D eigenvalue weighted by molar-refractivity contribution is 0.110. The number of rotatable bonds is 1. The zero-order chi connectivity index (χ0) is 20.1. The van der Waals surface area contributed by atoms with Gasteiger partial charge < -0.3 is 15.4 Å². The molecule has 4 rings (SSSR count). The average molecular weight is 387 g/mol. The first-order chi connectivity index (χ1) is 13.3. The predicted molar refractivity (Wildman–Crippen MR) is 96.3 cm³/mol. The lowest BCUT2D eigenvalue weighted by atomic mass is 10.0. The van der Waals surface area contributed by atoms with Gasteiger partial charge in [0.05, 0.1) is 5.56 Å². The fourth-order valence-corrected chi connectivity index (χ4v) is 3.35. The number of hydrogen-bond donors (Lipinski definition) is 2. The molecule has 0 bridgehead atoms. The summed E-state index contributed by atoms with van der Waals surface area (Å²) in [5.41, 5.74) is 4.90. The van der Waals surface area contributed by atoms with Crippen LogP contribution >= 0.6 is 0 Å². The largest absolute Gasteiger partial charge is 0.382 e. The molecule has 1 aromatic carbocycles. The van der Waals surface area contributed by atoms with Gasteiger partial charge in [-0.05, 0) is 37.7 Å². The fraction of sp³-hybridized carbons (Fsp3) is 0.316. The summed E-state index contributed by atoms with van der Waals surface area (Å²) in [5.74, 6) is 2.05. The number of benzene rings is 1. The van der Waals surface area contributed by atoms with Crippen molar-refractivity contribution in [1.82, 2.24) is 19.5 Å². The van der Waals surface area contributed by atoms with Crippen molar-refractivity contribution in [3.8, 4) is 23.2 Å². The first kappa shape index (κ1) is 18.3. The SMILES string of the molecule is Cn1c(-c2cc(F)cc(F)c2F)nc2c(N)nc(C#CC3(O)CCCC3)nc21. The van der Waals surface area contributed by atoms with E-state index < -0.39 is 23.1 Å². The zero-order valence-electron chi connectivity index (χ0n) is 14.9. The molecule has 6 nitrogen and oxygen atoms in total. The van der Waals surface area contributed by atoms with E-state index in [1.807, 2.05) is 0 Å². The normalized spacial score (nSPS) is 15.6. The average Bonchev–Trinajstić information content (AvgIpc) is 3.22. The van der Waals surface area contributed by atoms with Gasteiger partial charge in [0.15, 0.2) is 28.6 Å². The van der Waals surface area contributed by atoms with Gasteiger partial charge in [-0.3, -0.25) is 0 Å². The minimum atomic E-state index is -1.32. The number of aryl methyl sites for hydroxylation is 1. The first-order valence-electron chi connectivity index (χ1n) is 8.68. The molecule has 0 amide bonds. The van der Waals surface area contributed by atoms with Crippen LogP contribution in [0.1, 0.15) is 31.5 Å². The van der Waals surface area contributed by atoms with Crippen molar-refractivity contribution >= 4 is 17.0 Å². The van der Waals surface area contributed by atoms with Crippen molar-refractivity contribution < 1.29 is 18.3 Å². The van der Waals surface area contributed by atoms with Crippen LogP contribution in [0.15, 0.2) is 12.1 Å². The van der Waals surface area contributed by atoms with E-state index in [2.05, 4.69) is 26.8 Å². The van der Waals surface area contributed by atoms with Gasteiger partial charge in [-0.2, -0.15) is 0 Å². The number of imidazole rings is 1. The summed E-state index contributed by atoms with van der Waals surface area (Å²) in [6.45, 7) is 0. The highest BCUT2D eigenvalue weighted by Crippen LogP contribution is 2.30. The number of hydrogen-bond acceptors (Lipinski definition) is 5. The van der Waals surface area contributed by atoms with E-state index in [9.17, 15) is 18.3 Å². The third-order valence-electron chi connectivity index (χ3n) is 4.82. The van der Waals surface area contributed by atoms with E-state index in [0.717, 1.165) is 18.9 Å². The second kappa shape index (κ2) is 6.49. The minimum Gasteiger partial charge on any atom is -0.382 e. The number of nitrogens with zero attached hydrogens (tertiary/aromatic N) is 4. The molecule has 1 aliphatic carbocycles. The number of nitrogens with two attached hydrogens (primary N) is 1. The van der Waals surface area contributed by atoms with Crippen molar-refractivity contribution in [2.75, 3.05) is 5.73 Å². The predicted octanol–water partition coefficient (Wildman–Crippen LogP) is 2.69. The highest BCUT2D eigenvalue weighted by atomic mass is 19.2. The highest BCUT2D eigenvalue weighted by molar-refractivity contribution is 5.85. The summed E-state index contributed by atoms with van der Waals surface area (Å²) in [6.07, 6.45) is 2.96. The van der Waals surface area contributed by atoms with Crippen molar-refractivity contribution in [3.63, 3.8) is 0 Å². The maximum Gasteiger partial charge on any atom is 0.209 e. The van der Waals surface area contributed by atoms with Gasteiger partial charge in [-0.25, -0.2) is 28.1 Å². The Morgan fingerprint density at radius 1 is 1.14 bits per heavy atom. The molecule has 0 aliphatic heterocycles. The maximum absolute atomic E-state index is 14.2. The van der Waals surface area contributed by atoms with Crippen molar-refractivity contribution in [1.29, 1.82) is 0 Å². The van der Waals surface area contributed by atoms with Gasteiger partial charge in [0.1, 0.15) is 17.2 Å². The van der Waals surface area contributed by atoms with Crippen LogP contribution in [-0.4, -0.2) is 30.2 Å². The standard InChI is InChI=1S/C19H16F3N5O/c1-27-17(11-8-10(20)9-12(21)14(11)22)26-15-16(23)24-13(25-18(15)27)4-7-19(28)5-2-3-6-19/h8-9,28H,2-3,5-6H2,1H3,(H2,23,24,25). The Morgan fingerprint density at radius 2 is 1.86 bits per heavy atom. The van der Waals surface area contributed by atoms with Crippen molar-refractivity contribution in [3.05, 3.63) is 35.4 Å². The molecule has 0 spiro atoms. The monoisotopic (exact) mass is 387 g/mol. The number of fused-ring (bicyclic) bond motifs is 1. The van der Waals surface area contributed by atoms with E-state index in [1.54, 1.807) is 0 Å². The summed E-state index contributed by atoms with van der Waals surface area (Å²) in [4.78, 5) is 12.5. The molecule has 0 atom stereocenters. The number of aromatic nitrogens is 4. The van der Waals surface area contributed by atoms with Crippen molar-refractivity contribution in [2.24, 2.45) is 7.05 Å².